The van der Waals surface area contributed by atoms with E-state index >= 15 is 0 Å². The fourth-order valence-corrected chi connectivity index (χ4v) is 22.5. The van der Waals surface area contributed by atoms with Gasteiger partial charge in [-0.2, -0.15) is 0 Å². The molecule has 1 unspecified atom stereocenters. The summed E-state index contributed by atoms with van der Waals surface area (Å²) in [7, 11) is 0. The maximum atomic E-state index is 6.93. The summed E-state index contributed by atoms with van der Waals surface area (Å²) < 4.78 is 18.8. The predicted octanol–water partition coefficient (Wildman–Crippen LogP) is 32.7. The molecule has 0 saturated heterocycles. The highest BCUT2D eigenvalue weighted by atomic mass is 32.1. The molecule has 5 nitrogen and oxygen atoms in total. The van der Waals surface area contributed by atoms with Gasteiger partial charge in [0.05, 0.1) is 33.8 Å². The number of para-hydroxylation sites is 5. The van der Waals surface area contributed by atoms with Gasteiger partial charge < -0.3 is 23.2 Å². The summed E-state index contributed by atoms with van der Waals surface area (Å²) in [5.41, 5.74) is 33.6. The molecule has 0 spiro atoms. The van der Waals surface area contributed by atoms with Gasteiger partial charge in [-0.1, -0.05) is 318 Å². The second kappa shape index (κ2) is 27.0. The number of thiophene rings is 1. The highest BCUT2D eigenvalue weighted by Gasteiger charge is 2.42. The molecule has 4 heterocycles. The van der Waals surface area contributed by atoms with Crippen molar-refractivity contribution in [3.05, 3.63) is 428 Å². The first kappa shape index (κ1) is 70.0. The Labute approximate surface area is 709 Å². The van der Waals surface area contributed by atoms with Crippen LogP contribution in [0.25, 0.3) is 180 Å². The minimum Gasteiger partial charge on any atom is -0.455 e. The lowest BCUT2D eigenvalue weighted by Crippen LogP contribution is -2.24. The van der Waals surface area contributed by atoms with Crippen LogP contribution < -0.4 is 9.80 Å². The van der Waals surface area contributed by atoms with Crippen LogP contribution in [0.15, 0.2) is 409 Å². The largest absolute Gasteiger partial charge is 0.455 e. The Morgan fingerprint density at radius 1 is 0.279 bits per heavy atom. The first-order valence-corrected chi connectivity index (χ1v) is 43.1. The van der Waals surface area contributed by atoms with E-state index in [4.69, 9.17) is 8.83 Å². The van der Waals surface area contributed by atoms with Crippen molar-refractivity contribution in [3.8, 4) is 72.4 Å². The van der Waals surface area contributed by atoms with E-state index in [9.17, 15) is 0 Å². The Bertz CT molecular complexity index is 8330. The molecule has 0 bridgehead atoms. The normalized spacial score (nSPS) is 14.0. The Morgan fingerprint density at radius 2 is 0.689 bits per heavy atom. The first-order chi connectivity index (χ1) is 60.2. The number of rotatable bonds is 13. The minimum atomic E-state index is -0.393. The van der Waals surface area contributed by atoms with E-state index in [1.165, 1.54) is 86.8 Å². The SMILES string of the molecule is CC1(C)c2ccccc2-c2c(-c3ccccc3N(c3ccc4c(c3)c3ccccc3n4-c3ccc(CC4(C)c5ccccc5-c5c(-c6ccccc6N(c6ccc7c(c6)sc6ccccc67)c6ccccc6-c6cccc7oc8c9ccccc9ccc8c67)cccc54)cc3)c3ccccc3-c3cccc4oc5c6ccccc6ccc5c34)cccc21. The number of hydrogen-bond donors (Lipinski definition) is 0. The fraction of sp³-hybridized carbons (Fsp3) is 0.0517. The lowest BCUT2D eigenvalue weighted by atomic mass is 9.75. The van der Waals surface area contributed by atoms with Gasteiger partial charge in [0.25, 0.3) is 0 Å². The van der Waals surface area contributed by atoms with Crippen LogP contribution in [0.5, 0.6) is 0 Å². The van der Waals surface area contributed by atoms with Crippen LogP contribution in [0.2, 0.25) is 0 Å². The third kappa shape index (κ3) is 10.4. The van der Waals surface area contributed by atoms with E-state index in [0.29, 0.717) is 0 Å². The number of benzene rings is 19. The molecular weight excluding hydrogens is 1500 g/mol. The summed E-state index contributed by atoms with van der Waals surface area (Å²) in [6.45, 7) is 7.23. The molecule has 574 valence electrons. The van der Waals surface area contributed by atoms with Gasteiger partial charge in [-0.05, 0) is 193 Å². The van der Waals surface area contributed by atoms with Crippen molar-refractivity contribution in [2.24, 2.45) is 0 Å². The van der Waals surface area contributed by atoms with Crippen molar-refractivity contribution < 1.29 is 8.83 Å². The first-order valence-electron chi connectivity index (χ1n) is 42.3. The average molecular weight is 1580 g/mol. The number of furan rings is 2. The van der Waals surface area contributed by atoms with E-state index < -0.39 is 5.41 Å². The molecule has 2 aliphatic rings. The second-order valence-electron chi connectivity index (χ2n) is 33.8. The number of fused-ring (bicyclic) bond motifs is 22. The molecule has 1 atom stereocenters. The summed E-state index contributed by atoms with van der Waals surface area (Å²) in [4.78, 5) is 5.06. The van der Waals surface area contributed by atoms with Crippen LogP contribution in [-0.2, 0) is 17.3 Å². The summed E-state index contributed by atoms with van der Waals surface area (Å²) in [5.74, 6) is 0. The molecule has 122 heavy (non-hydrogen) atoms. The lowest BCUT2D eigenvalue weighted by Gasteiger charge is -2.31. The van der Waals surface area contributed by atoms with Crippen molar-refractivity contribution in [2.45, 2.75) is 38.0 Å². The monoisotopic (exact) mass is 1580 g/mol. The van der Waals surface area contributed by atoms with Crippen LogP contribution in [0, 0.1) is 0 Å². The Balaban J connectivity index is 0.611. The highest BCUT2D eigenvalue weighted by Crippen LogP contribution is 2.59. The number of hydrogen-bond acceptors (Lipinski definition) is 5. The lowest BCUT2D eigenvalue weighted by molar-refractivity contribution is 0.583. The van der Waals surface area contributed by atoms with Crippen LogP contribution in [0.1, 0.15) is 48.6 Å². The molecule has 6 heteroatoms. The summed E-state index contributed by atoms with van der Waals surface area (Å²) in [5, 5.41) is 13.8. The zero-order valence-electron chi connectivity index (χ0n) is 67.4. The molecule has 2 aliphatic carbocycles. The molecule has 0 amide bonds. The molecular formula is C116H77N3O2S. The van der Waals surface area contributed by atoms with Crippen molar-refractivity contribution in [3.63, 3.8) is 0 Å². The molecule has 19 aromatic carbocycles. The van der Waals surface area contributed by atoms with Crippen molar-refractivity contribution in [2.75, 3.05) is 9.80 Å². The second-order valence-corrected chi connectivity index (χ2v) is 34.9. The van der Waals surface area contributed by atoms with E-state index in [1.54, 1.807) is 0 Å². The molecule has 0 radical (unpaired) electrons. The van der Waals surface area contributed by atoms with Gasteiger partial charge in [0.1, 0.15) is 22.3 Å². The Hall–Kier alpha value is -15.1. The Morgan fingerprint density at radius 3 is 1.29 bits per heavy atom. The zero-order valence-corrected chi connectivity index (χ0v) is 68.2. The quantitative estimate of drug-likeness (QED) is 0.115. The maximum absolute atomic E-state index is 6.93. The molecule has 0 aliphatic heterocycles. The van der Waals surface area contributed by atoms with E-state index in [2.05, 4.69) is 436 Å². The molecule has 25 rings (SSSR count). The third-order valence-corrected chi connectivity index (χ3v) is 28.0. The van der Waals surface area contributed by atoms with Crippen LogP contribution in [0.3, 0.4) is 0 Å². The highest BCUT2D eigenvalue weighted by molar-refractivity contribution is 7.25. The smallest absolute Gasteiger partial charge is 0.143 e. The number of nitrogens with zero attached hydrogens (tertiary/aromatic N) is 3. The summed E-state index contributed by atoms with van der Waals surface area (Å²) in [6.07, 6.45) is 0.786. The van der Waals surface area contributed by atoms with Crippen molar-refractivity contribution >= 4 is 153 Å². The topological polar surface area (TPSA) is 37.7 Å². The summed E-state index contributed by atoms with van der Waals surface area (Å²) in [6, 6.07) is 149. The van der Waals surface area contributed by atoms with Crippen molar-refractivity contribution in [1.82, 2.24) is 4.57 Å². The molecule has 0 fully saturated rings. The standard InChI is InChI=1S/C116H77N3O2S/c1-115(2)95-44-16-8-38-90(95)109-86(40-24-46-97(109)115)79-32-10-18-48-99(79)118(101-50-20-12-34-81(101)88-42-26-53-105-111(88)92-64-58-72-28-4-6-30-77(72)113(92)120-105)75-63-67-104-94(68-75)83-36-14-22-52-103(83)117(104)74-60-56-71(57-61-74)70-116(3)96-45-17-9-39-91(96)110-87(41-25-47-98(110)116)80-33-11-19-49-100(80)119(76-62-66-85-84-37-15-23-55-107(84)122-108(85)69-76)102-51-21-13-35-82(102)89-43-27-54-106-112(89)93-65-59-73-29-5-7-31-78(73)114(93)121-106/h4-69H,70H2,1-3H3. The molecule has 0 N–H and O–H groups in total. The average Bonchev–Trinajstić information content (AvgIpc) is 1.67. The fourth-order valence-electron chi connectivity index (χ4n) is 21.4. The van der Waals surface area contributed by atoms with Gasteiger partial charge in [0.15, 0.2) is 0 Å². The van der Waals surface area contributed by atoms with Gasteiger partial charge in [0.2, 0.25) is 0 Å². The number of aromatic nitrogens is 1. The predicted molar refractivity (Wildman–Crippen MR) is 514 cm³/mol. The molecule has 23 aromatic rings. The van der Waals surface area contributed by atoms with Gasteiger partial charge in [-0.15, -0.1) is 11.3 Å². The van der Waals surface area contributed by atoms with Crippen molar-refractivity contribution in [1.29, 1.82) is 0 Å². The van der Waals surface area contributed by atoms with Crippen LogP contribution in [0.4, 0.5) is 34.1 Å². The Kier molecular flexibility index (Phi) is 15.5. The maximum Gasteiger partial charge on any atom is 0.143 e. The van der Waals surface area contributed by atoms with E-state index in [-0.39, 0.29) is 5.41 Å². The minimum absolute atomic E-state index is 0.182. The van der Waals surface area contributed by atoms with Crippen LogP contribution >= 0.6 is 11.3 Å². The molecule has 4 aromatic heterocycles. The van der Waals surface area contributed by atoms with Gasteiger partial charge in [-0.3, -0.25) is 0 Å². The van der Waals surface area contributed by atoms with Gasteiger partial charge in [-0.25, -0.2) is 0 Å². The van der Waals surface area contributed by atoms with E-state index in [0.717, 1.165) is 161 Å². The molecule has 0 saturated carbocycles. The summed E-state index contributed by atoms with van der Waals surface area (Å²) >= 11 is 1.86. The zero-order chi connectivity index (χ0) is 80.6. The van der Waals surface area contributed by atoms with Crippen LogP contribution in [-0.4, -0.2) is 4.57 Å². The van der Waals surface area contributed by atoms with Gasteiger partial charge >= 0.3 is 0 Å². The van der Waals surface area contributed by atoms with E-state index in [1.807, 2.05) is 11.3 Å². The third-order valence-electron chi connectivity index (χ3n) is 26.9. The number of anilines is 6. The van der Waals surface area contributed by atoms with Gasteiger partial charge in [0, 0.05) is 113 Å².